The van der Waals surface area contributed by atoms with Crippen molar-refractivity contribution in [1.29, 1.82) is 0 Å². The summed E-state index contributed by atoms with van der Waals surface area (Å²) in [6, 6.07) is 5.82. The molecule has 1 aromatic carbocycles. The maximum atomic E-state index is 13.2. The van der Waals surface area contributed by atoms with Crippen molar-refractivity contribution in [3.63, 3.8) is 0 Å². The van der Waals surface area contributed by atoms with E-state index in [-0.39, 0.29) is 23.4 Å². The SMILES string of the molecule is CN(c1nncc(Nc2cccc(F)c2)n1)C1CCS(=O)(=O)C1. The van der Waals surface area contributed by atoms with Gasteiger partial charge in [-0.1, -0.05) is 6.07 Å². The van der Waals surface area contributed by atoms with Gasteiger partial charge in [0.2, 0.25) is 5.95 Å². The maximum Gasteiger partial charge on any atom is 0.247 e. The second-order valence-corrected chi connectivity index (χ2v) is 7.67. The van der Waals surface area contributed by atoms with Crippen LogP contribution in [0, 0.1) is 5.82 Å². The first kappa shape index (κ1) is 15.6. The van der Waals surface area contributed by atoms with Crippen LogP contribution in [0.1, 0.15) is 6.42 Å². The predicted molar refractivity (Wildman–Crippen MR) is 85.0 cm³/mol. The smallest absolute Gasteiger partial charge is 0.247 e. The Morgan fingerprint density at radius 1 is 1.39 bits per heavy atom. The van der Waals surface area contributed by atoms with Crippen LogP contribution in [0.4, 0.5) is 21.8 Å². The number of hydrogen-bond donors (Lipinski definition) is 1. The van der Waals surface area contributed by atoms with Gasteiger partial charge >= 0.3 is 0 Å². The van der Waals surface area contributed by atoms with E-state index in [1.807, 2.05) is 0 Å². The minimum Gasteiger partial charge on any atom is -0.339 e. The molecule has 0 radical (unpaired) electrons. The molecule has 9 heteroatoms. The Labute approximate surface area is 133 Å². The molecule has 7 nitrogen and oxygen atoms in total. The topological polar surface area (TPSA) is 88.1 Å². The van der Waals surface area contributed by atoms with Crippen molar-refractivity contribution in [2.24, 2.45) is 0 Å². The first-order valence-corrected chi connectivity index (χ1v) is 8.91. The van der Waals surface area contributed by atoms with Gasteiger partial charge in [0.1, 0.15) is 5.82 Å². The minimum atomic E-state index is -2.99. The van der Waals surface area contributed by atoms with E-state index in [2.05, 4.69) is 20.5 Å². The third kappa shape index (κ3) is 3.73. The molecule has 0 aliphatic carbocycles. The molecule has 0 bridgehead atoms. The lowest BCUT2D eigenvalue weighted by atomic mass is 10.2. The molecule has 1 aliphatic heterocycles. The average Bonchev–Trinajstić information content (AvgIpc) is 2.87. The fraction of sp³-hybridized carbons (Fsp3) is 0.357. The summed E-state index contributed by atoms with van der Waals surface area (Å²) in [6.45, 7) is 0. The number of nitrogens with one attached hydrogen (secondary N) is 1. The number of halogens is 1. The molecule has 1 N–H and O–H groups in total. The van der Waals surface area contributed by atoms with Crippen LogP contribution in [0.5, 0.6) is 0 Å². The van der Waals surface area contributed by atoms with E-state index in [0.29, 0.717) is 23.9 Å². The minimum absolute atomic E-state index is 0.0917. The summed E-state index contributed by atoms with van der Waals surface area (Å²) < 4.78 is 36.4. The summed E-state index contributed by atoms with van der Waals surface area (Å²) in [4.78, 5) is 6.03. The second-order valence-electron chi connectivity index (χ2n) is 5.44. The van der Waals surface area contributed by atoms with Crippen LogP contribution in [0.2, 0.25) is 0 Å². The highest BCUT2D eigenvalue weighted by atomic mass is 32.2. The molecule has 1 unspecified atom stereocenters. The summed E-state index contributed by atoms with van der Waals surface area (Å²) >= 11 is 0. The van der Waals surface area contributed by atoms with Crippen LogP contribution in [0.3, 0.4) is 0 Å². The van der Waals surface area contributed by atoms with E-state index in [1.54, 1.807) is 24.1 Å². The summed E-state index contributed by atoms with van der Waals surface area (Å²) in [5.74, 6) is 0.651. The number of nitrogens with zero attached hydrogens (tertiary/aromatic N) is 4. The van der Waals surface area contributed by atoms with Gasteiger partial charge in [0.15, 0.2) is 15.7 Å². The molecule has 2 heterocycles. The predicted octanol–water partition coefficient (Wildman–Crippen LogP) is 1.38. The number of sulfone groups is 1. The van der Waals surface area contributed by atoms with E-state index in [9.17, 15) is 12.8 Å². The number of hydrogen-bond acceptors (Lipinski definition) is 7. The van der Waals surface area contributed by atoms with E-state index >= 15 is 0 Å². The van der Waals surface area contributed by atoms with Crippen LogP contribution >= 0.6 is 0 Å². The van der Waals surface area contributed by atoms with Crippen LogP contribution < -0.4 is 10.2 Å². The molecule has 23 heavy (non-hydrogen) atoms. The van der Waals surface area contributed by atoms with Gasteiger partial charge < -0.3 is 10.2 Å². The van der Waals surface area contributed by atoms with E-state index in [4.69, 9.17) is 0 Å². The van der Waals surface area contributed by atoms with Crippen molar-refractivity contribution >= 4 is 27.3 Å². The summed E-state index contributed by atoms with van der Waals surface area (Å²) in [6.07, 6.45) is 1.97. The number of rotatable bonds is 4. The fourth-order valence-electron chi connectivity index (χ4n) is 2.46. The molecule has 1 atom stereocenters. The number of aromatic nitrogens is 3. The molecule has 1 aliphatic rings. The lowest BCUT2D eigenvalue weighted by Crippen LogP contribution is -2.34. The molecule has 0 saturated carbocycles. The highest BCUT2D eigenvalue weighted by Crippen LogP contribution is 2.21. The molecule has 3 rings (SSSR count). The van der Waals surface area contributed by atoms with Gasteiger partial charge in [0.05, 0.1) is 17.7 Å². The van der Waals surface area contributed by atoms with Gasteiger partial charge in [0, 0.05) is 18.8 Å². The van der Waals surface area contributed by atoms with Crippen molar-refractivity contribution in [2.75, 3.05) is 28.8 Å². The zero-order valence-corrected chi connectivity index (χ0v) is 13.3. The number of anilines is 3. The standard InChI is InChI=1S/C14H16FN5O2S/c1-20(12-5-6-23(21,22)9-12)14-18-13(8-16-19-14)17-11-4-2-3-10(15)7-11/h2-4,7-8,12H,5-6,9H2,1H3,(H,17,18,19). The highest BCUT2D eigenvalue weighted by Gasteiger charge is 2.31. The van der Waals surface area contributed by atoms with Gasteiger partial charge in [-0.05, 0) is 24.6 Å². The van der Waals surface area contributed by atoms with Crippen molar-refractivity contribution in [1.82, 2.24) is 15.2 Å². The van der Waals surface area contributed by atoms with Gasteiger partial charge in [-0.2, -0.15) is 10.1 Å². The molecular weight excluding hydrogens is 321 g/mol. The molecule has 122 valence electrons. The van der Waals surface area contributed by atoms with Crippen LogP contribution in [-0.4, -0.2) is 48.2 Å². The summed E-state index contributed by atoms with van der Waals surface area (Å²) in [5, 5.41) is 10.8. The quantitative estimate of drug-likeness (QED) is 0.901. The second kappa shape index (κ2) is 6.07. The van der Waals surface area contributed by atoms with Crippen LogP contribution in [0.25, 0.3) is 0 Å². The Bertz CT molecular complexity index is 814. The van der Waals surface area contributed by atoms with Gasteiger partial charge in [0.25, 0.3) is 0 Å². The Hall–Kier alpha value is -2.29. The highest BCUT2D eigenvalue weighted by molar-refractivity contribution is 7.91. The van der Waals surface area contributed by atoms with E-state index < -0.39 is 9.84 Å². The number of benzene rings is 1. The lowest BCUT2D eigenvalue weighted by Gasteiger charge is -2.22. The first-order valence-electron chi connectivity index (χ1n) is 7.08. The molecule has 1 aromatic heterocycles. The zero-order valence-electron chi connectivity index (χ0n) is 12.5. The average molecular weight is 337 g/mol. The molecule has 0 amide bonds. The molecule has 2 aromatic rings. The molecule has 1 fully saturated rings. The zero-order chi connectivity index (χ0) is 16.4. The van der Waals surface area contributed by atoms with Crippen molar-refractivity contribution in [3.8, 4) is 0 Å². The molecular formula is C14H16FN5O2S. The Morgan fingerprint density at radius 2 is 2.22 bits per heavy atom. The third-order valence-electron chi connectivity index (χ3n) is 3.72. The van der Waals surface area contributed by atoms with Crippen molar-refractivity contribution in [3.05, 3.63) is 36.3 Å². The summed E-state index contributed by atoms with van der Waals surface area (Å²) in [5.41, 5.74) is 0.544. The fourth-order valence-corrected chi connectivity index (χ4v) is 4.24. The first-order chi connectivity index (χ1) is 10.9. The van der Waals surface area contributed by atoms with Gasteiger partial charge in [-0.3, -0.25) is 0 Å². The van der Waals surface area contributed by atoms with E-state index in [1.165, 1.54) is 18.3 Å². The Kier molecular flexibility index (Phi) is 4.12. The summed E-state index contributed by atoms with van der Waals surface area (Å²) in [7, 11) is -1.24. The normalized spacial score (nSPS) is 19.5. The van der Waals surface area contributed by atoms with Gasteiger partial charge in [-0.15, -0.1) is 5.10 Å². The Morgan fingerprint density at radius 3 is 2.91 bits per heavy atom. The largest absolute Gasteiger partial charge is 0.339 e. The van der Waals surface area contributed by atoms with Gasteiger partial charge in [-0.25, -0.2) is 12.8 Å². The van der Waals surface area contributed by atoms with Crippen molar-refractivity contribution < 1.29 is 12.8 Å². The van der Waals surface area contributed by atoms with Crippen LogP contribution in [-0.2, 0) is 9.84 Å². The molecule has 0 spiro atoms. The monoisotopic (exact) mass is 337 g/mol. The van der Waals surface area contributed by atoms with Crippen LogP contribution in [0.15, 0.2) is 30.5 Å². The molecule has 1 saturated heterocycles. The Balaban J connectivity index is 1.77. The van der Waals surface area contributed by atoms with Crippen molar-refractivity contribution in [2.45, 2.75) is 12.5 Å². The maximum absolute atomic E-state index is 13.2. The van der Waals surface area contributed by atoms with E-state index in [0.717, 1.165) is 0 Å². The lowest BCUT2D eigenvalue weighted by molar-refractivity contribution is 0.600. The third-order valence-corrected chi connectivity index (χ3v) is 5.47.